The summed E-state index contributed by atoms with van der Waals surface area (Å²) in [6.07, 6.45) is 1.12. The fraction of sp³-hybridized carbons (Fsp3) is 0.424. The SMILES string of the molecule is CC(C)C1NC(=O)C(CCCCN)NC(=O)[C@@H](Cc2c[nH]c3ccccc23)NC(=O)C(Cc2ccc(O)cc2)NC(=O)[C@H](Cc2ccccc2)NCCNC(=O)CCCN([C@@H](Cc2ccccc2)C(=O)NC(=O)[C@@H](N)[C@@H](C)O)C1=O. The highest BCUT2D eigenvalue weighted by Gasteiger charge is 2.39. The molecule has 21 heteroatoms. The van der Waals surface area contributed by atoms with Gasteiger partial charge in [0.05, 0.1) is 12.1 Å². The molecule has 1 aliphatic rings. The first kappa shape index (κ1) is 61.2. The number of aromatic amines is 1. The van der Waals surface area contributed by atoms with Gasteiger partial charge in [-0.1, -0.05) is 105 Å². The summed E-state index contributed by atoms with van der Waals surface area (Å²) in [5.41, 5.74) is 15.3. The van der Waals surface area contributed by atoms with Gasteiger partial charge in [-0.3, -0.25) is 43.7 Å². The molecule has 0 saturated carbocycles. The molecule has 4 aromatic carbocycles. The first-order chi connectivity index (χ1) is 38.4. The number of fused-ring (bicyclic) bond motifs is 1. The van der Waals surface area contributed by atoms with Crippen molar-refractivity contribution in [3.05, 3.63) is 138 Å². The van der Waals surface area contributed by atoms with Crippen LogP contribution in [0.15, 0.2) is 115 Å². The standard InChI is InChI=1S/C59H77N11O10/c1-36(2)52-59(80)70(49(33-39-17-8-5-9-18-39)57(78)69-58(79)51(61)37(3)71)30-14-22-50(73)63-29-28-62-46(31-38-15-6-4-7-16-38)54(75)66-47(32-40-23-25-42(72)26-24-40)55(76)67-48(34-41-35-64-44-20-11-10-19-43(41)44)56(77)65-45(53(74)68-52)21-12-13-27-60/h4-11,15-20,23-26,35-37,45-49,51-52,62,64,71-72H,12-14,21-22,27-34,60-61H2,1-3H3,(H,63,73)(H,65,77)(H,66,75)(H,67,76)(H,68,74)(H,69,78,79)/t37-,45?,46+,47?,48-,49+,51+,52?/m1/s1. The number of hydrogen-bond acceptors (Lipinski definition) is 13. The highest BCUT2D eigenvalue weighted by molar-refractivity contribution is 6.02. The second-order valence-electron chi connectivity index (χ2n) is 20.6. The van der Waals surface area contributed by atoms with Crippen molar-refractivity contribution < 1.29 is 48.6 Å². The maximum atomic E-state index is 15.3. The number of aromatic hydroxyl groups is 1. The minimum Gasteiger partial charge on any atom is -0.508 e. The van der Waals surface area contributed by atoms with Crippen LogP contribution in [-0.2, 0) is 64.0 Å². The minimum atomic E-state index is -1.49. The number of nitrogens with zero attached hydrogens (tertiary/aromatic N) is 1. The molecule has 2 heterocycles. The predicted octanol–water partition coefficient (Wildman–Crippen LogP) is 1.28. The first-order valence-electron chi connectivity index (χ1n) is 27.3. The predicted molar refractivity (Wildman–Crippen MR) is 302 cm³/mol. The molecule has 0 spiro atoms. The van der Waals surface area contributed by atoms with Crippen molar-refractivity contribution in [1.82, 2.24) is 47.1 Å². The summed E-state index contributed by atoms with van der Waals surface area (Å²) in [5.74, 6) is -6.48. The molecule has 14 N–H and O–H groups in total. The van der Waals surface area contributed by atoms with Crippen LogP contribution in [0.5, 0.6) is 5.75 Å². The van der Waals surface area contributed by atoms with E-state index in [1.54, 1.807) is 62.5 Å². The molecule has 0 bridgehead atoms. The van der Waals surface area contributed by atoms with Crippen LogP contribution in [0.2, 0.25) is 0 Å². The molecule has 6 rings (SSSR count). The summed E-state index contributed by atoms with van der Waals surface area (Å²) in [6, 6.07) is 22.4. The van der Waals surface area contributed by atoms with Crippen LogP contribution < -0.4 is 48.7 Å². The molecule has 21 nitrogen and oxygen atoms in total. The summed E-state index contributed by atoms with van der Waals surface area (Å²) < 4.78 is 0. The number of amides is 8. The third kappa shape index (κ3) is 18.0. The van der Waals surface area contributed by atoms with Gasteiger partial charge >= 0.3 is 0 Å². The third-order valence-electron chi connectivity index (χ3n) is 14.1. The quantitative estimate of drug-likeness (QED) is 0.0585. The lowest BCUT2D eigenvalue weighted by molar-refractivity contribution is -0.146. The minimum absolute atomic E-state index is 0.00971. The molecular weight excluding hydrogens is 1020 g/mol. The molecular formula is C59H77N11O10. The number of phenols is 1. The molecule has 428 valence electrons. The van der Waals surface area contributed by atoms with Crippen molar-refractivity contribution in [1.29, 1.82) is 0 Å². The molecule has 5 aromatic rings. The van der Waals surface area contributed by atoms with Crippen molar-refractivity contribution in [3.63, 3.8) is 0 Å². The van der Waals surface area contributed by atoms with Crippen molar-refractivity contribution in [3.8, 4) is 5.75 Å². The van der Waals surface area contributed by atoms with Gasteiger partial charge in [0.15, 0.2) is 0 Å². The van der Waals surface area contributed by atoms with Crippen molar-refractivity contribution >= 4 is 58.2 Å². The molecule has 0 aliphatic carbocycles. The molecule has 1 aromatic heterocycles. The van der Waals surface area contributed by atoms with E-state index in [1.807, 2.05) is 54.6 Å². The number of para-hydroxylation sites is 1. The van der Waals surface area contributed by atoms with Crippen LogP contribution in [0, 0.1) is 5.92 Å². The van der Waals surface area contributed by atoms with Crippen LogP contribution >= 0.6 is 0 Å². The molecule has 0 radical (unpaired) electrons. The van der Waals surface area contributed by atoms with Gasteiger partial charge in [0.1, 0.15) is 42.0 Å². The highest BCUT2D eigenvalue weighted by Crippen LogP contribution is 2.21. The molecule has 3 unspecified atom stereocenters. The van der Waals surface area contributed by atoms with Crippen molar-refractivity contribution in [2.45, 2.75) is 127 Å². The van der Waals surface area contributed by atoms with Gasteiger partial charge in [-0.2, -0.15) is 0 Å². The van der Waals surface area contributed by atoms with Crippen LogP contribution in [0.1, 0.15) is 75.1 Å². The van der Waals surface area contributed by atoms with Gasteiger partial charge < -0.3 is 63.5 Å². The van der Waals surface area contributed by atoms with Gasteiger partial charge in [-0.05, 0) is 91.9 Å². The van der Waals surface area contributed by atoms with E-state index in [2.05, 4.69) is 42.2 Å². The second kappa shape index (κ2) is 30.4. The fourth-order valence-corrected chi connectivity index (χ4v) is 9.49. The Morgan fingerprint density at radius 3 is 1.90 bits per heavy atom. The van der Waals surface area contributed by atoms with Crippen LogP contribution in [0.3, 0.4) is 0 Å². The van der Waals surface area contributed by atoms with E-state index in [0.717, 1.165) is 16.5 Å². The monoisotopic (exact) mass is 1100 g/mol. The normalized spacial score (nSPS) is 20.8. The Balaban J connectivity index is 1.42. The Morgan fingerprint density at radius 1 is 0.675 bits per heavy atom. The number of phenolic OH excluding ortho intramolecular Hbond substituents is 1. The Labute approximate surface area is 466 Å². The van der Waals surface area contributed by atoms with E-state index in [4.69, 9.17) is 11.5 Å². The number of imide groups is 1. The van der Waals surface area contributed by atoms with E-state index in [-0.39, 0.29) is 76.9 Å². The van der Waals surface area contributed by atoms with Crippen LogP contribution in [-0.4, -0.2) is 142 Å². The van der Waals surface area contributed by atoms with E-state index >= 15 is 9.59 Å². The van der Waals surface area contributed by atoms with Crippen molar-refractivity contribution in [2.24, 2.45) is 17.4 Å². The van der Waals surface area contributed by atoms with E-state index in [0.29, 0.717) is 29.5 Å². The molecule has 8 atom stereocenters. The summed E-state index contributed by atoms with van der Waals surface area (Å²) in [6.45, 7) is 4.90. The number of aromatic nitrogens is 1. The van der Waals surface area contributed by atoms with Gasteiger partial charge in [0.25, 0.3) is 0 Å². The molecule has 1 aliphatic heterocycles. The lowest BCUT2D eigenvalue weighted by Gasteiger charge is -2.36. The van der Waals surface area contributed by atoms with Gasteiger partial charge in [0, 0.05) is 62.4 Å². The van der Waals surface area contributed by atoms with E-state index < -0.39 is 102 Å². The zero-order valence-corrected chi connectivity index (χ0v) is 45.6. The first-order valence-corrected chi connectivity index (χ1v) is 27.3. The smallest absolute Gasteiger partial charge is 0.249 e. The Morgan fingerprint density at radius 2 is 1.25 bits per heavy atom. The largest absolute Gasteiger partial charge is 0.508 e. The Hall–Kier alpha value is -7.98. The lowest BCUT2D eigenvalue weighted by Crippen LogP contribution is -2.62. The summed E-state index contributed by atoms with van der Waals surface area (Å²) in [5, 5.41) is 41.0. The molecule has 1 saturated heterocycles. The zero-order chi connectivity index (χ0) is 57.7. The zero-order valence-electron chi connectivity index (χ0n) is 45.6. The average molecular weight is 1100 g/mol. The number of H-pyrrole nitrogens is 1. The number of nitrogens with two attached hydrogens (primary N) is 2. The topological polar surface area (TPSA) is 332 Å². The molecule has 80 heavy (non-hydrogen) atoms. The number of benzene rings is 4. The number of carbonyl (C=O) groups is 8. The molecule has 1 fully saturated rings. The number of nitrogens with one attached hydrogen (secondary N) is 8. The molecule has 8 amide bonds. The summed E-state index contributed by atoms with van der Waals surface area (Å²) >= 11 is 0. The lowest BCUT2D eigenvalue weighted by atomic mass is 9.97. The fourth-order valence-electron chi connectivity index (χ4n) is 9.49. The number of aliphatic hydroxyl groups excluding tert-OH is 1. The summed E-state index contributed by atoms with van der Waals surface area (Å²) in [7, 11) is 0. The van der Waals surface area contributed by atoms with Crippen LogP contribution in [0.25, 0.3) is 10.9 Å². The number of unbranched alkanes of at least 4 members (excludes halogenated alkanes) is 1. The van der Waals surface area contributed by atoms with Gasteiger partial charge in [0.2, 0.25) is 47.3 Å². The highest BCUT2D eigenvalue weighted by atomic mass is 16.3. The number of aliphatic hydroxyl groups is 1. The number of rotatable bonds is 17. The van der Waals surface area contributed by atoms with Gasteiger partial charge in [-0.15, -0.1) is 0 Å². The van der Waals surface area contributed by atoms with E-state index in [9.17, 15) is 39.0 Å². The third-order valence-corrected chi connectivity index (χ3v) is 14.1. The van der Waals surface area contributed by atoms with Gasteiger partial charge in [-0.25, -0.2) is 0 Å². The van der Waals surface area contributed by atoms with Crippen LogP contribution in [0.4, 0.5) is 0 Å². The summed E-state index contributed by atoms with van der Waals surface area (Å²) in [4.78, 5) is 120. The average Bonchev–Trinajstić information content (AvgIpc) is 3.86. The van der Waals surface area contributed by atoms with Crippen molar-refractivity contribution in [2.75, 3.05) is 26.2 Å². The Bertz CT molecular complexity index is 2870. The maximum Gasteiger partial charge on any atom is 0.249 e. The van der Waals surface area contributed by atoms with E-state index in [1.165, 1.54) is 24.0 Å². The Kier molecular flexibility index (Phi) is 23.3. The second-order valence-corrected chi connectivity index (χ2v) is 20.6. The number of hydrogen-bond donors (Lipinski definition) is 12. The number of carbonyl (C=O) groups excluding carboxylic acids is 8. The maximum absolute atomic E-state index is 15.3.